The van der Waals surface area contributed by atoms with Gasteiger partial charge in [-0.15, -0.1) is 0 Å². The monoisotopic (exact) mass is 242 g/mol. The van der Waals surface area contributed by atoms with Crippen LogP contribution in [0.5, 0.6) is 5.75 Å². The first kappa shape index (κ1) is 13.1. The second-order valence-corrected chi connectivity index (χ2v) is 4.12. The third-order valence-corrected chi connectivity index (χ3v) is 2.72. The number of halogens is 1. The van der Waals surface area contributed by atoms with Gasteiger partial charge in [0, 0.05) is 25.8 Å². The molecule has 0 unspecified atom stereocenters. The van der Waals surface area contributed by atoms with Crippen molar-refractivity contribution in [1.82, 2.24) is 0 Å². The molecule has 0 saturated heterocycles. The van der Waals surface area contributed by atoms with Crippen LogP contribution in [0.2, 0.25) is 5.02 Å². The Labute approximate surface area is 102 Å². The predicted octanol–water partition coefficient (Wildman–Crippen LogP) is 2.44. The van der Waals surface area contributed by atoms with Gasteiger partial charge in [0.15, 0.2) is 0 Å². The van der Waals surface area contributed by atoms with Gasteiger partial charge >= 0.3 is 0 Å². The second kappa shape index (κ2) is 5.97. The molecule has 1 rings (SSSR count). The molecular weight excluding hydrogens is 224 g/mol. The van der Waals surface area contributed by atoms with Gasteiger partial charge in [-0.1, -0.05) is 11.6 Å². The molecule has 1 aromatic rings. The number of hydrogen-bond donors (Lipinski definition) is 1. The Bertz CT molecular complexity index is 355. The second-order valence-electron chi connectivity index (χ2n) is 3.71. The molecule has 0 fully saturated rings. The van der Waals surface area contributed by atoms with E-state index in [1.165, 1.54) is 0 Å². The Kier molecular flexibility index (Phi) is 4.90. The molecule has 0 aliphatic carbocycles. The van der Waals surface area contributed by atoms with Crippen molar-refractivity contribution < 1.29 is 4.74 Å². The first-order valence-electron chi connectivity index (χ1n) is 5.44. The summed E-state index contributed by atoms with van der Waals surface area (Å²) in [6.07, 6.45) is 0. The topological polar surface area (TPSA) is 38.5 Å². The maximum Gasteiger partial charge on any atom is 0.138 e. The summed E-state index contributed by atoms with van der Waals surface area (Å²) in [4.78, 5) is 2.09. The van der Waals surface area contributed by atoms with Crippen LogP contribution in [-0.4, -0.2) is 26.7 Å². The van der Waals surface area contributed by atoms with Crippen LogP contribution >= 0.6 is 11.6 Å². The van der Waals surface area contributed by atoms with Crippen LogP contribution in [0, 0.1) is 6.92 Å². The van der Waals surface area contributed by atoms with Crippen molar-refractivity contribution in [1.29, 1.82) is 0 Å². The van der Waals surface area contributed by atoms with Crippen LogP contribution < -0.4 is 15.4 Å². The molecule has 0 saturated carbocycles. The lowest BCUT2D eigenvalue weighted by atomic mass is 10.1. The molecule has 0 radical (unpaired) electrons. The van der Waals surface area contributed by atoms with E-state index in [-0.39, 0.29) is 0 Å². The lowest BCUT2D eigenvalue weighted by molar-refractivity contribution is 0.340. The van der Waals surface area contributed by atoms with Crippen molar-refractivity contribution in [3.8, 4) is 5.75 Å². The Morgan fingerprint density at radius 1 is 1.44 bits per heavy atom. The van der Waals surface area contributed by atoms with Crippen molar-refractivity contribution in [3.05, 3.63) is 22.7 Å². The summed E-state index contributed by atoms with van der Waals surface area (Å²) in [6, 6.07) is 3.89. The summed E-state index contributed by atoms with van der Waals surface area (Å²) in [5.74, 6) is 0.742. The summed E-state index contributed by atoms with van der Waals surface area (Å²) in [5, 5.41) is 0.645. The number of benzene rings is 1. The molecule has 2 N–H and O–H groups in total. The van der Waals surface area contributed by atoms with Crippen molar-refractivity contribution in [2.24, 2.45) is 5.73 Å². The van der Waals surface area contributed by atoms with E-state index in [1.807, 2.05) is 33.0 Å². The minimum Gasteiger partial charge on any atom is -0.492 e. The minimum absolute atomic E-state index is 0.622. The van der Waals surface area contributed by atoms with Gasteiger partial charge in [0.1, 0.15) is 5.75 Å². The molecule has 16 heavy (non-hydrogen) atoms. The number of anilines is 1. The fraction of sp³-hybridized carbons (Fsp3) is 0.500. The number of rotatable bonds is 5. The third-order valence-electron chi connectivity index (χ3n) is 2.43. The zero-order valence-electron chi connectivity index (χ0n) is 10.1. The van der Waals surface area contributed by atoms with E-state index in [2.05, 4.69) is 4.90 Å². The first-order valence-corrected chi connectivity index (χ1v) is 5.82. The maximum atomic E-state index is 6.14. The summed E-state index contributed by atoms with van der Waals surface area (Å²) >= 11 is 6.14. The Balaban J connectivity index is 3.00. The number of ether oxygens (including phenoxy) is 1. The van der Waals surface area contributed by atoms with Gasteiger partial charge in [-0.25, -0.2) is 0 Å². The van der Waals surface area contributed by atoms with Crippen molar-refractivity contribution in [2.75, 3.05) is 31.6 Å². The molecule has 0 spiro atoms. The normalized spacial score (nSPS) is 10.3. The molecule has 0 aromatic heterocycles. The van der Waals surface area contributed by atoms with E-state index in [1.54, 1.807) is 0 Å². The SMILES string of the molecule is CCOc1cc(C)c(N(C)CCN)cc1Cl. The molecule has 0 heterocycles. The lowest BCUT2D eigenvalue weighted by Crippen LogP contribution is -2.25. The minimum atomic E-state index is 0.622. The quantitative estimate of drug-likeness (QED) is 0.862. The predicted molar refractivity (Wildman–Crippen MR) is 69.7 cm³/mol. The number of nitrogens with zero attached hydrogens (tertiary/aromatic N) is 1. The molecule has 0 bridgehead atoms. The van der Waals surface area contributed by atoms with Crippen LogP contribution in [0.1, 0.15) is 12.5 Å². The molecule has 1 aromatic carbocycles. The standard InChI is InChI=1S/C12H19ClN2O/c1-4-16-12-7-9(2)11(8-10(12)13)15(3)6-5-14/h7-8H,4-6,14H2,1-3H3. The molecule has 0 atom stereocenters. The molecule has 0 aliphatic rings. The van der Waals surface area contributed by atoms with Gasteiger partial charge in [-0.3, -0.25) is 0 Å². The fourth-order valence-corrected chi connectivity index (χ4v) is 1.85. The smallest absolute Gasteiger partial charge is 0.138 e. The Morgan fingerprint density at radius 3 is 2.69 bits per heavy atom. The zero-order chi connectivity index (χ0) is 12.1. The first-order chi connectivity index (χ1) is 7.60. The highest BCUT2D eigenvalue weighted by molar-refractivity contribution is 6.32. The van der Waals surface area contributed by atoms with Crippen LogP contribution in [0.15, 0.2) is 12.1 Å². The van der Waals surface area contributed by atoms with E-state index in [4.69, 9.17) is 22.1 Å². The number of nitrogens with two attached hydrogens (primary N) is 1. The van der Waals surface area contributed by atoms with Crippen LogP contribution in [0.4, 0.5) is 5.69 Å². The molecule has 90 valence electrons. The van der Waals surface area contributed by atoms with Crippen molar-refractivity contribution in [2.45, 2.75) is 13.8 Å². The van der Waals surface area contributed by atoms with E-state index < -0.39 is 0 Å². The molecule has 3 nitrogen and oxygen atoms in total. The van der Waals surface area contributed by atoms with Gasteiger partial charge in [-0.05, 0) is 31.5 Å². The summed E-state index contributed by atoms with van der Waals surface area (Å²) < 4.78 is 5.44. The van der Waals surface area contributed by atoms with Gasteiger partial charge in [-0.2, -0.15) is 0 Å². The number of aryl methyl sites for hydroxylation is 1. The lowest BCUT2D eigenvalue weighted by Gasteiger charge is -2.21. The average Bonchev–Trinajstić information content (AvgIpc) is 2.23. The summed E-state index contributed by atoms with van der Waals surface area (Å²) in [7, 11) is 2.01. The van der Waals surface area contributed by atoms with Crippen LogP contribution in [-0.2, 0) is 0 Å². The van der Waals surface area contributed by atoms with Crippen LogP contribution in [0.25, 0.3) is 0 Å². The largest absolute Gasteiger partial charge is 0.492 e. The zero-order valence-corrected chi connectivity index (χ0v) is 10.8. The van der Waals surface area contributed by atoms with Gasteiger partial charge in [0.25, 0.3) is 0 Å². The molecule has 0 amide bonds. The highest BCUT2D eigenvalue weighted by Gasteiger charge is 2.09. The Morgan fingerprint density at radius 2 is 2.12 bits per heavy atom. The van der Waals surface area contributed by atoms with E-state index >= 15 is 0 Å². The molecule has 0 aliphatic heterocycles. The fourth-order valence-electron chi connectivity index (χ4n) is 1.64. The van der Waals surface area contributed by atoms with Gasteiger partial charge in [0.05, 0.1) is 11.6 Å². The van der Waals surface area contributed by atoms with Crippen molar-refractivity contribution in [3.63, 3.8) is 0 Å². The number of likely N-dealkylation sites (N-methyl/N-ethyl adjacent to an activating group) is 1. The number of hydrogen-bond acceptors (Lipinski definition) is 3. The van der Waals surface area contributed by atoms with Crippen molar-refractivity contribution >= 4 is 17.3 Å². The van der Waals surface area contributed by atoms with E-state index in [9.17, 15) is 0 Å². The van der Waals surface area contributed by atoms with Crippen LogP contribution in [0.3, 0.4) is 0 Å². The van der Waals surface area contributed by atoms with E-state index in [0.717, 1.165) is 23.5 Å². The molecule has 4 heteroatoms. The van der Waals surface area contributed by atoms with Gasteiger partial charge < -0.3 is 15.4 Å². The maximum absolute atomic E-state index is 6.14. The highest BCUT2D eigenvalue weighted by Crippen LogP contribution is 2.32. The van der Waals surface area contributed by atoms with E-state index in [0.29, 0.717) is 18.2 Å². The summed E-state index contributed by atoms with van der Waals surface area (Å²) in [5.41, 5.74) is 7.77. The Hall–Kier alpha value is -0.930. The third kappa shape index (κ3) is 3.03. The van der Waals surface area contributed by atoms with Gasteiger partial charge in [0.2, 0.25) is 0 Å². The highest BCUT2D eigenvalue weighted by atomic mass is 35.5. The average molecular weight is 243 g/mol. The molecular formula is C12H19ClN2O. The summed E-state index contributed by atoms with van der Waals surface area (Å²) in [6.45, 7) is 6.05.